The minimum Gasteiger partial charge on any atom is -0.464 e. The van der Waals surface area contributed by atoms with Crippen LogP contribution >= 0.6 is 0 Å². The van der Waals surface area contributed by atoms with Crippen LogP contribution in [0.5, 0.6) is 0 Å². The second-order valence-electron chi connectivity index (χ2n) is 10.8. The molecule has 0 aliphatic heterocycles. The Hall–Kier alpha value is -3.78. The number of fused-ring (bicyclic) bond motifs is 2. The fraction of sp³-hybridized carbons (Fsp3) is 0.212. The quantitative estimate of drug-likeness (QED) is 0.269. The summed E-state index contributed by atoms with van der Waals surface area (Å²) in [7, 11) is 0. The number of benzene rings is 3. The highest BCUT2D eigenvalue weighted by atomic mass is 16.3. The second kappa shape index (κ2) is 7.88. The zero-order valence-corrected chi connectivity index (χ0v) is 21.0. The van der Waals surface area contributed by atoms with E-state index in [1.165, 1.54) is 44.5 Å². The lowest BCUT2D eigenvalue weighted by atomic mass is 9.84. The molecule has 2 aromatic heterocycles. The molecule has 2 nitrogen and oxygen atoms in total. The third-order valence-corrected chi connectivity index (χ3v) is 7.41. The first-order valence-electron chi connectivity index (χ1n) is 12.3. The van der Waals surface area contributed by atoms with Crippen LogP contribution in [0.3, 0.4) is 0 Å². The Morgan fingerprint density at radius 1 is 0.771 bits per heavy atom. The predicted octanol–water partition coefficient (Wildman–Crippen LogP) is 9.37. The first-order chi connectivity index (χ1) is 16.8. The van der Waals surface area contributed by atoms with Crippen LogP contribution in [-0.4, -0.2) is 0 Å². The third kappa shape index (κ3) is 3.74. The zero-order chi connectivity index (χ0) is 24.3. The maximum atomic E-state index is 6.10. The molecule has 2 heteroatoms. The maximum absolute atomic E-state index is 6.10. The van der Waals surface area contributed by atoms with Crippen molar-refractivity contribution in [2.24, 2.45) is 0 Å². The Balaban J connectivity index is 1.38. The molecule has 1 aliphatic rings. The van der Waals surface area contributed by atoms with Gasteiger partial charge in [-0.25, -0.2) is 0 Å². The minimum atomic E-state index is 0.147. The molecule has 3 aromatic carbocycles. The van der Waals surface area contributed by atoms with Crippen LogP contribution in [0.2, 0.25) is 0 Å². The average molecular weight is 459 g/mol. The number of allylic oxidation sites excluding steroid dienone is 1. The molecule has 174 valence electrons. The van der Waals surface area contributed by atoms with Gasteiger partial charge in [-0.2, -0.15) is 0 Å². The highest BCUT2D eigenvalue weighted by Gasteiger charge is 2.23. The van der Waals surface area contributed by atoms with Crippen LogP contribution in [0.1, 0.15) is 54.3 Å². The summed E-state index contributed by atoms with van der Waals surface area (Å²) in [6.45, 7) is 11.2. The number of furan rings is 2. The Labute approximate surface area is 206 Å². The van der Waals surface area contributed by atoms with Crippen molar-refractivity contribution >= 4 is 22.6 Å². The van der Waals surface area contributed by atoms with Crippen LogP contribution < -0.4 is 0 Å². The normalized spacial score (nSPS) is 13.3. The molecular formula is C33H30O2. The first-order valence-corrected chi connectivity index (χ1v) is 12.3. The SMILES string of the molecule is Cc1cc2c(c(-c3ccc(C(C)(C)C)cc3)c1C)C=C(c1cc(-c3ccc4occc4c3)co1)C2. The zero-order valence-electron chi connectivity index (χ0n) is 21.0. The molecule has 1 aliphatic carbocycles. The summed E-state index contributed by atoms with van der Waals surface area (Å²) >= 11 is 0. The Bertz CT molecular complexity index is 1600. The van der Waals surface area contributed by atoms with Crippen LogP contribution in [0.25, 0.3) is 44.9 Å². The van der Waals surface area contributed by atoms with Crippen molar-refractivity contribution in [2.45, 2.75) is 46.5 Å². The Kier molecular flexibility index (Phi) is 4.89. The van der Waals surface area contributed by atoms with Crippen molar-refractivity contribution in [1.82, 2.24) is 0 Å². The smallest absolute Gasteiger partial charge is 0.133 e. The van der Waals surface area contributed by atoms with E-state index in [2.05, 4.69) is 89.2 Å². The van der Waals surface area contributed by atoms with Crippen molar-refractivity contribution in [3.05, 3.63) is 107 Å². The van der Waals surface area contributed by atoms with Crippen LogP contribution in [0.15, 0.2) is 82.0 Å². The molecule has 5 aromatic rings. The fourth-order valence-corrected chi connectivity index (χ4v) is 5.22. The summed E-state index contributed by atoms with van der Waals surface area (Å²) in [4.78, 5) is 0. The van der Waals surface area contributed by atoms with E-state index in [4.69, 9.17) is 8.83 Å². The predicted molar refractivity (Wildman–Crippen MR) is 146 cm³/mol. The van der Waals surface area contributed by atoms with Gasteiger partial charge in [-0.3, -0.25) is 0 Å². The molecule has 2 heterocycles. The van der Waals surface area contributed by atoms with Crippen LogP contribution in [0.4, 0.5) is 0 Å². The van der Waals surface area contributed by atoms with Gasteiger partial charge in [0.2, 0.25) is 0 Å². The lowest BCUT2D eigenvalue weighted by molar-refractivity contribution is 0.553. The maximum Gasteiger partial charge on any atom is 0.133 e. The molecule has 0 spiro atoms. The van der Waals surface area contributed by atoms with E-state index < -0.39 is 0 Å². The van der Waals surface area contributed by atoms with E-state index >= 15 is 0 Å². The summed E-state index contributed by atoms with van der Waals surface area (Å²) in [5.41, 5.74) is 13.9. The minimum absolute atomic E-state index is 0.147. The highest BCUT2D eigenvalue weighted by Crippen LogP contribution is 2.42. The molecule has 35 heavy (non-hydrogen) atoms. The number of hydrogen-bond donors (Lipinski definition) is 0. The van der Waals surface area contributed by atoms with Gasteiger partial charge in [0.1, 0.15) is 11.3 Å². The van der Waals surface area contributed by atoms with Gasteiger partial charge in [0.25, 0.3) is 0 Å². The van der Waals surface area contributed by atoms with Crippen molar-refractivity contribution in [3.63, 3.8) is 0 Å². The van der Waals surface area contributed by atoms with Gasteiger partial charge < -0.3 is 8.83 Å². The largest absolute Gasteiger partial charge is 0.464 e. The molecule has 0 bridgehead atoms. The van der Waals surface area contributed by atoms with E-state index in [0.29, 0.717) is 0 Å². The van der Waals surface area contributed by atoms with E-state index in [1.807, 2.05) is 18.4 Å². The number of hydrogen-bond acceptors (Lipinski definition) is 2. The molecule has 0 fully saturated rings. The summed E-state index contributed by atoms with van der Waals surface area (Å²) in [5, 5.41) is 1.10. The van der Waals surface area contributed by atoms with Gasteiger partial charge in [0, 0.05) is 17.4 Å². The highest BCUT2D eigenvalue weighted by molar-refractivity contribution is 5.95. The van der Waals surface area contributed by atoms with E-state index in [1.54, 1.807) is 6.26 Å². The lowest BCUT2D eigenvalue weighted by Gasteiger charge is -2.20. The van der Waals surface area contributed by atoms with Gasteiger partial charge in [-0.05, 0) is 99.7 Å². The van der Waals surface area contributed by atoms with Gasteiger partial charge in [-0.1, -0.05) is 57.2 Å². The van der Waals surface area contributed by atoms with Crippen molar-refractivity contribution < 1.29 is 8.83 Å². The second-order valence-corrected chi connectivity index (χ2v) is 10.8. The molecule has 0 N–H and O–H groups in total. The monoisotopic (exact) mass is 458 g/mol. The van der Waals surface area contributed by atoms with E-state index in [9.17, 15) is 0 Å². The third-order valence-electron chi connectivity index (χ3n) is 7.41. The number of rotatable bonds is 3. The summed E-state index contributed by atoms with van der Waals surface area (Å²) in [5.74, 6) is 0.938. The molecular weight excluding hydrogens is 428 g/mol. The molecule has 0 amide bonds. The van der Waals surface area contributed by atoms with E-state index in [0.717, 1.165) is 34.3 Å². The van der Waals surface area contributed by atoms with Crippen LogP contribution in [-0.2, 0) is 11.8 Å². The van der Waals surface area contributed by atoms with Crippen LogP contribution in [0, 0.1) is 13.8 Å². The van der Waals surface area contributed by atoms with E-state index in [-0.39, 0.29) is 5.41 Å². The Morgan fingerprint density at radius 2 is 1.54 bits per heavy atom. The van der Waals surface area contributed by atoms with Crippen molar-refractivity contribution in [3.8, 4) is 22.3 Å². The average Bonchev–Trinajstić information content (AvgIpc) is 3.58. The number of aryl methyl sites for hydroxylation is 1. The summed E-state index contributed by atoms with van der Waals surface area (Å²) in [6, 6.07) is 21.9. The topological polar surface area (TPSA) is 26.3 Å². The molecule has 0 unspecified atom stereocenters. The van der Waals surface area contributed by atoms with Gasteiger partial charge in [-0.15, -0.1) is 0 Å². The van der Waals surface area contributed by atoms with Crippen molar-refractivity contribution in [1.29, 1.82) is 0 Å². The molecule has 0 radical (unpaired) electrons. The van der Waals surface area contributed by atoms with Gasteiger partial charge in [0.15, 0.2) is 0 Å². The molecule has 6 rings (SSSR count). The Morgan fingerprint density at radius 3 is 2.31 bits per heavy atom. The first kappa shape index (κ1) is 21.7. The fourth-order valence-electron chi connectivity index (χ4n) is 5.22. The molecule has 0 saturated heterocycles. The summed E-state index contributed by atoms with van der Waals surface area (Å²) < 4.78 is 11.6. The lowest BCUT2D eigenvalue weighted by Crippen LogP contribution is -2.10. The molecule has 0 saturated carbocycles. The van der Waals surface area contributed by atoms with Gasteiger partial charge >= 0.3 is 0 Å². The summed E-state index contributed by atoms with van der Waals surface area (Å²) in [6.07, 6.45) is 6.81. The standard InChI is InChI=1S/C33H30O2/c1-20-14-25-16-26(31-18-27(19-35-31)23-8-11-30-24(15-23)12-13-34-30)17-29(25)32(21(20)2)22-6-9-28(10-7-22)33(3,4)5/h6-15,17-19H,16H2,1-5H3. The molecule has 0 atom stereocenters. The van der Waals surface area contributed by atoms with Crippen molar-refractivity contribution in [2.75, 3.05) is 0 Å². The van der Waals surface area contributed by atoms with Gasteiger partial charge in [0.05, 0.1) is 12.5 Å².